The van der Waals surface area contributed by atoms with Gasteiger partial charge in [-0.15, -0.1) is 12.4 Å². The molecule has 0 unspecified atom stereocenters. The van der Waals surface area contributed by atoms with Gasteiger partial charge < -0.3 is 5.73 Å². The molecule has 0 fully saturated rings. The minimum Gasteiger partial charge on any atom is -0.324 e. The minimum atomic E-state index is -0.221. The Morgan fingerprint density at radius 1 is 1.40 bits per heavy atom. The standard InChI is InChI=1S/C11H15BrFN.ClH/c1-7(2)5-11(14)9-6-8(12)3-4-10(9)13;/h3-4,6-7,11H,5,14H2,1-2H3;1H/t11-;/m0./s1. The van der Waals surface area contributed by atoms with Gasteiger partial charge in [-0.25, -0.2) is 4.39 Å². The third-order valence-corrected chi connectivity index (χ3v) is 2.58. The van der Waals surface area contributed by atoms with Crippen LogP contribution in [0.15, 0.2) is 22.7 Å². The van der Waals surface area contributed by atoms with E-state index >= 15 is 0 Å². The fourth-order valence-electron chi connectivity index (χ4n) is 1.43. The summed E-state index contributed by atoms with van der Waals surface area (Å²) >= 11 is 3.31. The fourth-order valence-corrected chi connectivity index (χ4v) is 1.81. The first-order valence-electron chi connectivity index (χ1n) is 4.71. The number of hydrogen-bond donors (Lipinski definition) is 1. The Kier molecular flexibility index (Phi) is 6.41. The van der Waals surface area contributed by atoms with E-state index in [2.05, 4.69) is 29.8 Å². The summed E-state index contributed by atoms with van der Waals surface area (Å²) < 4.78 is 14.2. The predicted octanol–water partition coefficient (Wildman–Crippen LogP) is 4.06. The van der Waals surface area contributed by atoms with Crippen molar-refractivity contribution in [3.63, 3.8) is 0 Å². The number of benzene rings is 1. The summed E-state index contributed by atoms with van der Waals surface area (Å²) in [6.45, 7) is 4.16. The van der Waals surface area contributed by atoms with E-state index in [0.717, 1.165) is 10.9 Å². The van der Waals surface area contributed by atoms with E-state index in [-0.39, 0.29) is 24.3 Å². The smallest absolute Gasteiger partial charge is 0.128 e. The molecule has 1 rings (SSSR count). The monoisotopic (exact) mass is 295 g/mol. The van der Waals surface area contributed by atoms with Crippen molar-refractivity contribution in [3.05, 3.63) is 34.1 Å². The van der Waals surface area contributed by atoms with Gasteiger partial charge in [0.2, 0.25) is 0 Å². The molecule has 0 aliphatic heterocycles. The van der Waals surface area contributed by atoms with Crippen LogP contribution in [0.25, 0.3) is 0 Å². The summed E-state index contributed by atoms with van der Waals surface area (Å²) in [5.74, 6) is 0.254. The average Bonchev–Trinajstić information content (AvgIpc) is 2.08. The molecule has 15 heavy (non-hydrogen) atoms. The number of rotatable bonds is 3. The summed E-state index contributed by atoms with van der Waals surface area (Å²) in [7, 11) is 0. The largest absolute Gasteiger partial charge is 0.324 e. The van der Waals surface area contributed by atoms with E-state index in [9.17, 15) is 4.39 Å². The molecule has 2 N–H and O–H groups in total. The fraction of sp³-hybridized carbons (Fsp3) is 0.455. The van der Waals surface area contributed by atoms with Crippen LogP contribution in [0.1, 0.15) is 31.9 Å². The van der Waals surface area contributed by atoms with Gasteiger partial charge in [0.15, 0.2) is 0 Å². The van der Waals surface area contributed by atoms with Crippen molar-refractivity contribution in [2.24, 2.45) is 11.7 Å². The molecule has 0 spiro atoms. The third-order valence-electron chi connectivity index (χ3n) is 2.08. The van der Waals surface area contributed by atoms with Crippen LogP contribution in [0.4, 0.5) is 4.39 Å². The molecule has 0 aliphatic carbocycles. The third kappa shape index (κ3) is 4.49. The van der Waals surface area contributed by atoms with Gasteiger partial charge in [-0.3, -0.25) is 0 Å². The minimum absolute atomic E-state index is 0. The first-order chi connectivity index (χ1) is 6.50. The number of nitrogens with two attached hydrogens (primary N) is 1. The Morgan fingerprint density at radius 2 is 2.00 bits per heavy atom. The van der Waals surface area contributed by atoms with E-state index in [1.807, 2.05) is 0 Å². The molecule has 4 heteroatoms. The average molecular weight is 297 g/mol. The summed E-state index contributed by atoms with van der Waals surface area (Å²) in [6.07, 6.45) is 0.799. The second kappa shape index (κ2) is 6.46. The van der Waals surface area contributed by atoms with Crippen molar-refractivity contribution in [3.8, 4) is 0 Å². The molecule has 0 bridgehead atoms. The van der Waals surface area contributed by atoms with Gasteiger partial charge in [0.25, 0.3) is 0 Å². The maximum atomic E-state index is 13.4. The van der Waals surface area contributed by atoms with Gasteiger partial charge in [-0.2, -0.15) is 0 Å². The Bertz CT molecular complexity index is 317. The molecule has 86 valence electrons. The van der Waals surface area contributed by atoms with Gasteiger partial charge in [0.1, 0.15) is 5.82 Å². The van der Waals surface area contributed by atoms with Gasteiger partial charge in [-0.1, -0.05) is 29.8 Å². The first kappa shape index (κ1) is 14.9. The lowest BCUT2D eigenvalue weighted by Gasteiger charge is -2.15. The summed E-state index contributed by atoms with van der Waals surface area (Å²) in [5.41, 5.74) is 6.50. The van der Waals surface area contributed by atoms with Crippen LogP contribution in [0, 0.1) is 11.7 Å². The molecule has 1 nitrogen and oxygen atoms in total. The second-order valence-electron chi connectivity index (χ2n) is 3.90. The Hall–Kier alpha value is -0.120. The zero-order valence-electron chi connectivity index (χ0n) is 8.84. The van der Waals surface area contributed by atoms with E-state index in [1.165, 1.54) is 6.07 Å². The van der Waals surface area contributed by atoms with Gasteiger partial charge in [0, 0.05) is 16.1 Å². The molecule has 1 aromatic carbocycles. The molecule has 0 saturated carbocycles. The van der Waals surface area contributed by atoms with Gasteiger partial charge >= 0.3 is 0 Å². The summed E-state index contributed by atoms with van der Waals surface area (Å²) in [4.78, 5) is 0. The highest BCUT2D eigenvalue weighted by atomic mass is 79.9. The van der Waals surface area contributed by atoms with Crippen molar-refractivity contribution >= 4 is 28.3 Å². The Labute approximate surface area is 105 Å². The molecule has 0 amide bonds. The Morgan fingerprint density at radius 3 is 2.53 bits per heavy atom. The normalized spacial score (nSPS) is 12.4. The van der Waals surface area contributed by atoms with Crippen LogP contribution in [-0.2, 0) is 0 Å². The van der Waals surface area contributed by atoms with Crippen molar-refractivity contribution in [1.29, 1.82) is 0 Å². The Balaban J connectivity index is 0.00000196. The lowest BCUT2D eigenvalue weighted by molar-refractivity contribution is 0.489. The molecular weight excluding hydrogens is 280 g/mol. The summed E-state index contributed by atoms with van der Waals surface area (Å²) in [6, 6.07) is 4.66. The van der Waals surface area contributed by atoms with Crippen molar-refractivity contribution in [2.45, 2.75) is 26.3 Å². The second-order valence-corrected chi connectivity index (χ2v) is 4.82. The van der Waals surface area contributed by atoms with E-state index in [4.69, 9.17) is 5.73 Å². The highest BCUT2D eigenvalue weighted by Gasteiger charge is 2.12. The zero-order chi connectivity index (χ0) is 10.7. The van der Waals surface area contributed by atoms with Gasteiger partial charge in [-0.05, 0) is 30.5 Å². The maximum absolute atomic E-state index is 13.4. The molecule has 0 aliphatic rings. The molecule has 1 aromatic rings. The molecule has 0 heterocycles. The topological polar surface area (TPSA) is 26.0 Å². The van der Waals surface area contributed by atoms with Crippen molar-refractivity contribution in [2.75, 3.05) is 0 Å². The zero-order valence-corrected chi connectivity index (χ0v) is 11.2. The van der Waals surface area contributed by atoms with Crippen molar-refractivity contribution in [1.82, 2.24) is 0 Å². The maximum Gasteiger partial charge on any atom is 0.128 e. The molecule has 0 saturated heterocycles. The molecule has 0 radical (unpaired) electrons. The van der Waals surface area contributed by atoms with E-state index in [0.29, 0.717) is 11.5 Å². The number of halogens is 3. The van der Waals surface area contributed by atoms with Crippen molar-refractivity contribution < 1.29 is 4.39 Å². The molecule has 0 aromatic heterocycles. The number of hydrogen-bond acceptors (Lipinski definition) is 1. The SMILES string of the molecule is CC(C)C[C@H](N)c1cc(Br)ccc1F.Cl. The quantitative estimate of drug-likeness (QED) is 0.894. The lowest BCUT2D eigenvalue weighted by atomic mass is 9.97. The van der Waals surface area contributed by atoms with Crippen LogP contribution in [-0.4, -0.2) is 0 Å². The lowest BCUT2D eigenvalue weighted by Crippen LogP contribution is -2.14. The highest BCUT2D eigenvalue weighted by Crippen LogP contribution is 2.24. The van der Waals surface area contributed by atoms with E-state index in [1.54, 1.807) is 12.1 Å². The van der Waals surface area contributed by atoms with Crippen LogP contribution in [0.3, 0.4) is 0 Å². The van der Waals surface area contributed by atoms with Crippen LogP contribution in [0.5, 0.6) is 0 Å². The summed E-state index contributed by atoms with van der Waals surface area (Å²) in [5, 5.41) is 0. The highest BCUT2D eigenvalue weighted by molar-refractivity contribution is 9.10. The molecule has 1 atom stereocenters. The van der Waals surface area contributed by atoms with Crippen LogP contribution in [0.2, 0.25) is 0 Å². The van der Waals surface area contributed by atoms with Gasteiger partial charge in [0.05, 0.1) is 0 Å². The van der Waals surface area contributed by atoms with Crippen LogP contribution >= 0.6 is 28.3 Å². The van der Waals surface area contributed by atoms with E-state index < -0.39 is 0 Å². The predicted molar refractivity (Wildman–Crippen MR) is 67.7 cm³/mol. The molecular formula is C11H16BrClFN. The first-order valence-corrected chi connectivity index (χ1v) is 5.50. The van der Waals surface area contributed by atoms with Crippen LogP contribution < -0.4 is 5.73 Å².